The first kappa shape index (κ1) is 13.9. The molecule has 1 amide bonds. The number of aromatic carboxylic acids is 1. The molecule has 2 aromatic rings. The summed E-state index contributed by atoms with van der Waals surface area (Å²) in [4.78, 5) is 22.2. The number of nitrogens with one attached hydrogen (secondary N) is 1. The van der Waals surface area contributed by atoms with Crippen LogP contribution in [0.15, 0.2) is 36.4 Å². The minimum Gasteiger partial charge on any atom is -0.491 e. The molecule has 0 fully saturated rings. The van der Waals surface area contributed by atoms with Crippen LogP contribution >= 0.6 is 0 Å². The molecule has 0 unspecified atom stereocenters. The van der Waals surface area contributed by atoms with Crippen LogP contribution in [0.25, 0.3) is 10.8 Å². The van der Waals surface area contributed by atoms with Gasteiger partial charge in [0, 0.05) is 6.92 Å². The third-order valence-corrected chi connectivity index (χ3v) is 2.84. The van der Waals surface area contributed by atoms with Crippen LogP contribution < -0.4 is 10.1 Å². The Bertz CT molecular complexity index is 651. The number of carboxylic acids is 1. The van der Waals surface area contributed by atoms with Gasteiger partial charge in [-0.25, -0.2) is 4.79 Å². The number of amides is 1. The van der Waals surface area contributed by atoms with E-state index in [2.05, 4.69) is 5.32 Å². The van der Waals surface area contributed by atoms with E-state index in [0.717, 1.165) is 5.39 Å². The van der Waals surface area contributed by atoms with Gasteiger partial charge in [0.15, 0.2) is 0 Å². The van der Waals surface area contributed by atoms with Crippen LogP contribution in [0.3, 0.4) is 0 Å². The molecule has 0 aliphatic heterocycles. The summed E-state index contributed by atoms with van der Waals surface area (Å²) in [6.45, 7) is 1.97. The zero-order valence-corrected chi connectivity index (χ0v) is 11.1. The van der Waals surface area contributed by atoms with Gasteiger partial charge in [0.05, 0.1) is 6.54 Å². The van der Waals surface area contributed by atoms with Crippen LogP contribution in [0.5, 0.6) is 5.75 Å². The molecule has 2 rings (SSSR count). The van der Waals surface area contributed by atoms with Gasteiger partial charge in [-0.2, -0.15) is 0 Å². The van der Waals surface area contributed by atoms with Gasteiger partial charge in [0.25, 0.3) is 0 Å². The molecule has 0 saturated heterocycles. The minimum absolute atomic E-state index is 0.144. The smallest absolute Gasteiger partial charge is 0.340 e. The zero-order valence-electron chi connectivity index (χ0n) is 11.1. The Morgan fingerprint density at radius 1 is 1.20 bits per heavy atom. The average Bonchev–Trinajstić information content (AvgIpc) is 2.42. The Balaban J connectivity index is 2.26. The number of fused-ring (bicyclic) bond motifs is 1. The molecular weight excluding hydrogens is 258 g/mol. The monoisotopic (exact) mass is 273 g/mol. The Labute approximate surface area is 116 Å². The Kier molecular flexibility index (Phi) is 4.20. The van der Waals surface area contributed by atoms with Crippen molar-refractivity contribution in [2.24, 2.45) is 0 Å². The lowest BCUT2D eigenvalue weighted by molar-refractivity contribution is -0.119. The van der Waals surface area contributed by atoms with Crippen molar-refractivity contribution in [3.63, 3.8) is 0 Å². The van der Waals surface area contributed by atoms with Gasteiger partial charge in [-0.05, 0) is 16.8 Å². The summed E-state index contributed by atoms with van der Waals surface area (Å²) in [5.41, 5.74) is 0.144. The van der Waals surface area contributed by atoms with Crippen LogP contribution in [0.2, 0.25) is 0 Å². The van der Waals surface area contributed by atoms with Crippen molar-refractivity contribution in [3.8, 4) is 5.75 Å². The molecular formula is C15H15NO4. The SMILES string of the molecule is CC(=O)NCCOc1ccc2ccccc2c1C(=O)O. The lowest BCUT2D eigenvalue weighted by Gasteiger charge is -2.11. The molecule has 0 aromatic heterocycles. The number of ether oxygens (including phenoxy) is 1. The van der Waals surface area contributed by atoms with Crippen molar-refractivity contribution in [2.45, 2.75) is 6.92 Å². The van der Waals surface area contributed by atoms with Gasteiger partial charge in [-0.1, -0.05) is 30.3 Å². The molecule has 5 nitrogen and oxygen atoms in total. The number of rotatable bonds is 5. The second kappa shape index (κ2) is 6.06. The first-order valence-electron chi connectivity index (χ1n) is 6.22. The number of carboxylic acid groups (broad SMARTS) is 1. The van der Waals surface area contributed by atoms with Crippen molar-refractivity contribution in [1.29, 1.82) is 0 Å². The summed E-state index contributed by atoms with van der Waals surface area (Å²) < 4.78 is 5.46. The van der Waals surface area contributed by atoms with E-state index in [0.29, 0.717) is 17.7 Å². The summed E-state index contributed by atoms with van der Waals surface area (Å²) in [6.07, 6.45) is 0. The average molecular weight is 273 g/mol. The topological polar surface area (TPSA) is 75.6 Å². The van der Waals surface area contributed by atoms with E-state index in [1.54, 1.807) is 18.2 Å². The van der Waals surface area contributed by atoms with Crippen LogP contribution in [0.4, 0.5) is 0 Å². The van der Waals surface area contributed by atoms with Crippen LogP contribution in [0, 0.1) is 0 Å². The van der Waals surface area contributed by atoms with Crippen molar-refractivity contribution in [3.05, 3.63) is 42.0 Å². The fourth-order valence-electron chi connectivity index (χ4n) is 1.98. The summed E-state index contributed by atoms with van der Waals surface area (Å²) in [5.74, 6) is -0.872. The first-order valence-corrected chi connectivity index (χ1v) is 6.22. The van der Waals surface area contributed by atoms with Crippen LogP contribution in [0.1, 0.15) is 17.3 Å². The third-order valence-electron chi connectivity index (χ3n) is 2.84. The van der Waals surface area contributed by atoms with Gasteiger partial charge < -0.3 is 15.2 Å². The molecule has 20 heavy (non-hydrogen) atoms. The molecule has 0 bridgehead atoms. The van der Waals surface area contributed by atoms with Crippen LogP contribution in [-0.4, -0.2) is 30.1 Å². The van der Waals surface area contributed by atoms with E-state index in [-0.39, 0.29) is 18.1 Å². The highest BCUT2D eigenvalue weighted by Crippen LogP contribution is 2.28. The normalized spacial score (nSPS) is 10.2. The standard InChI is InChI=1S/C15H15NO4/c1-10(17)16-8-9-20-13-7-6-11-4-2-3-5-12(11)14(13)15(18)19/h2-7H,8-9H2,1H3,(H,16,17)(H,18,19). The molecule has 0 saturated carbocycles. The summed E-state index contributed by atoms with van der Waals surface area (Å²) in [6, 6.07) is 10.7. The largest absolute Gasteiger partial charge is 0.491 e. The quantitative estimate of drug-likeness (QED) is 0.817. The van der Waals surface area contributed by atoms with Crippen molar-refractivity contribution in [2.75, 3.05) is 13.2 Å². The second-order valence-corrected chi connectivity index (χ2v) is 4.30. The van der Waals surface area contributed by atoms with E-state index in [1.165, 1.54) is 6.92 Å². The highest BCUT2D eigenvalue weighted by molar-refractivity contribution is 6.06. The van der Waals surface area contributed by atoms with E-state index in [1.807, 2.05) is 18.2 Å². The lowest BCUT2D eigenvalue weighted by atomic mass is 10.0. The summed E-state index contributed by atoms with van der Waals surface area (Å²) in [5, 5.41) is 13.4. The van der Waals surface area contributed by atoms with Gasteiger partial charge in [-0.3, -0.25) is 4.79 Å². The van der Waals surface area contributed by atoms with E-state index >= 15 is 0 Å². The molecule has 2 N–H and O–H groups in total. The molecule has 104 valence electrons. The summed E-state index contributed by atoms with van der Waals surface area (Å²) in [7, 11) is 0. The molecule has 0 radical (unpaired) electrons. The second-order valence-electron chi connectivity index (χ2n) is 4.30. The number of carbonyl (C=O) groups is 2. The Morgan fingerprint density at radius 2 is 1.95 bits per heavy atom. The Morgan fingerprint density at radius 3 is 2.65 bits per heavy atom. The van der Waals surface area contributed by atoms with Gasteiger partial charge in [0.1, 0.15) is 17.9 Å². The minimum atomic E-state index is -1.03. The van der Waals surface area contributed by atoms with Crippen LogP contribution in [-0.2, 0) is 4.79 Å². The van der Waals surface area contributed by atoms with E-state index in [9.17, 15) is 14.7 Å². The lowest BCUT2D eigenvalue weighted by Crippen LogP contribution is -2.25. The molecule has 0 atom stereocenters. The molecule has 0 aliphatic rings. The highest BCUT2D eigenvalue weighted by Gasteiger charge is 2.15. The predicted octanol–water partition coefficient (Wildman–Crippen LogP) is 2.05. The first-order chi connectivity index (χ1) is 9.59. The maximum atomic E-state index is 11.4. The fourth-order valence-corrected chi connectivity index (χ4v) is 1.98. The third kappa shape index (κ3) is 3.06. The van der Waals surface area contributed by atoms with Crippen molar-refractivity contribution >= 4 is 22.6 Å². The molecule has 2 aromatic carbocycles. The Hall–Kier alpha value is -2.56. The molecule has 0 aliphatic carbocycles. The van der Waals surface area contributed by atoms with Gasteiger partial charge >= 0.3 is 5.97 Å². The number of hydrogen-bond donors (Lipinski definition) is 2. The molecule has 5 heteroatoms. The van der Waals surface area contributed by atoms with Gasteiger partial charge in [0.2, 0.25) is 5.91 Å². The maximum absolute atomic E-state index is 11.4. The van der Waals surface area contributed by atoms with Gasteiger partial charge in [-0.15, -0.1) is 0 Å². The predicted molar refractivity (Wildman–Crippen MR) is 75.1 cm³/mol. The number of carbonyl (C=O) groups excluding carboxylic acids is 1. The molecule has 0 spiro atoms. The van der Waals surface area contributed by atoms with E-state index in [4.69, 9.17) is 4.74 Å². The van der Waals surface area contributed by atoms with Crippen molar-refractivity contribution in [1.82, 2.24) is 5.32 Å². The number of benzene rings is 2. The van der Waals surface area contributed by atoms with Crippen molar-refractivity contribution < 1.29 is 19.4 Å². The zero-order chi connectivity index (χ0) is 14.5. The highest BCUT2D eigenvalue weighted by atomic mass is 16.5. The fraction of sp³-hybridized carbons (Fsp3) is 0.200. The maximum Gasteiger partial charge on any atom is 0.340 e. The van der Waals surface area contributed by atoms with E-state index < -0.39 is 5.97 Å². The summed E-state index contributed by atoms with van der Waals surface area (Å²) >= 11 is 0. The molecule has 0 heterocycles. The number of hydrogen-bond acceptors (Lipinski definition) is 3.